The van der Waals surface area contributed by atoms with Crippen molar-refractivity contribution in [3.63, 3.8) is 0 Å². The number of rotatable bonds is 1. The van der Waals surface area contributed by atoms with Crippen LogP contribution in [-0.4, -0.2) is 15.1 Å². The van der Waals surface area contributed by atoms with Crippen molar-refractivity contribution >= 4 is 0 Å². The van der Waals surface area contributed by atoms with E-state index < -0.39 is 12.0 Å². The van der Waals surface area contributed by atoms with E-state index in [4.69, 9.17) is 5.26 Å². The Morgan fingerprint density at radius 1 is 1.29 bits per heavy atom. The van der Waals surface area contributed by atoms with E-state index in [1.54, 1.807) is 0 Å². The summed E-state index contributed by atoms with van der Waals surface area (Å²) in [7, 11) is 0. The third-order valence-electron chi connectivity index (χ3n) is 1.79. The molecule has 8 heteroatoms. The molecule has 2 rings (SSSR count). The topological polar surface area (TPSA) is 75.6 Å². The highest BCUT2D eigenvalue weighted by Crippen LogP contribution is 2.28. The van der Waals surface area contributed by atoms with Crippen molar-refractivity contribution in [2.24, 2.45) is 0 Å². The fourth-order valence-electron chi connectivity index (χ4n) is 1.03. The molecule has 0 aromatic carbocycles. The molecule has 17 heavy (non-hydrogen) atoms. The SMILES string of the molecule is N#Cc1ccc(-c2nc(C(F)(F)F)no2)nc1. The Morgan fingerprint density at radius 2 is 2.06 bits per heavy atom. The zero-order valence-electron chi connectivity index (χ0n) is 8.06. The Balaban J connectivity index is 2.34. The highest BCUT2D eigenvalue weighted by molar-refractivity contribution is 5.47. The number of alkyl halides is 3. The van der Waals surface area contributed by atoms with E-state index in [-0.39, 0.29) is 17.1 Å². The Labute approximate surface area is 92.5 Å². The van der Waals surface area contributed by atoms with E-state index in [9.17, 15) is 13.2 Å². The minimum absolute atomic E-state index is 0.0759. The van der Waals surface area contributed by atoms with Crippen LogP contribution in [0.25, 0.3) is 11.6 Å². The third-order valence-corrected chi connectivity index (χ3v) is 1.79. The predicted molar refractivity (Wildman–Crippen MR) is 47.2 cm³/mol. The first-order valence-corrected chi connectivity index (χ1v) is 4.28. The Hall–Kier alpha value is -2.43. The zero-order chi connectivity index (χ0) is 12.5. The van der Waals surface area contributed by atoms with Gasteiger partial charge in [-0.15, -0.1) is 0 Å². The van der Waals surface area contributed by atoms with Crippen LogP contribution >= 0.6 is 0 Å². The van der Waals surface area contributed by atoms with Crippen LogP contribution in [0.1, 0.15) is 11.4 Å². The van der Waals surface area contributed by atoms with Gasteiger partial charge in [-0.2, -0.15) is 23.4 Å². The summed E-state index contributed by atoms with van der Waals surface area (Å²) in [5.74, 6) is -1.71. The van der Waals surface area contributed by atoms with Crippen molar-refractivity contribution in [3.05, 3.63) is 29.7 Å². The van der Waals surface area contributed by atoms with Crippen molar-refractivity contribution in [2.75, 3.05) is 0 Å². The van der Waals surface area contributed by atoms with Gasteiger partial charge in [-0.25, -0.2) is 4.98 Å². The maximum atomic E-state index is 12.2. The molecule has 0 aliphatic carbocycles. The van der Waals surface area contributed by atoms with Crippen molar-refractivity contribution < 1.29 is 17.7 Å². The van der Waals surface area contributed by atoms with Gasteiger partial charge in [0.25, 0.3) is 11.7 Å². The number of nitrogens with zero attached hydrogens (tertiary/aromatic N) is 4. The van der Waals surface area contributed by atoms with E-state index in [0.717, 1.165) is 0 Å². The van der Waals surface area contributed by atoms with E-state index in [1.807, 2.05) is 6.07 Å². The predicted octanol–water partition coefficient (Wildman–Crippen LogP) is 2.02. The summed E-state index contributed by atoms with van der Waals surface area (Å²) >= 11 is 0. The maximum absolute atomic E-state index is 12.2. The van der Waals surface area contributed by atoms with E-state index in [0.29, 0.717) is 0 Å². The van der Waals surface area contributed by atoms with Crippen LogP contribution in [0.3, 0.4) is 0 Å². The summed E-state index contributed by atoms with van der Waals surface area (Å²) in [5.41, 5.74) is 0.358. The lowest BCUT2D eigenvalue weighted by Crippen LogP contribution is -2.07. The molecule has 0 saturated carbocycles. The molecule has 5 nitrogen and oxygen atoms in total. The maximum Gasteiger partial charge on any atom is 0.455 e. The zero-order valence-corrected chi connectivity index (χ0v) is 8.06. The molecule has 0 amide bonds. The van der Waals surface area contributed by atoms with Crippen LogP contribution in [0.4, 0.5) is 13.2 Å². The summed E-state index contributed by atoms with van der Waals surface area (Å²) < 4.78 is 41.0. The molecule has 86 valence electrons. The van der Waals surface area contributed by atoms with Crippen molar-refractivity contribution in [1.29, 1.82) is 5.26 Å². The Bertz CT molecular complexity index is 567. The van der Waals surface area contributed by atoms with Crippen molar-refractivity contribution in [1.82, 2.24) is 15.1 Å². The highest BCUT2D eigenvalue weighted by atomic mass is 19.4. The second kappa shape index (κ2) is 3.86. The molecule has 0 atom stereocenters. The van der Waals surface area contributed by atoms with E-state index >= 15 is 0 Å². The molecule has 0 spiro atoms. The minimum Gasteiger partial charge on any atom is -0.332 e. The molecule has 2 heterocycles. The average Bonchev–Trinajstić information content (AvgIpc) is 2.78. The smallest absolute Gasteiger partial charge is 0.332 e. The van der Waals surface area contributed by atoms with Gasteiger partial charge in [0.2, 0.25) is 0 Å². The van der Waals surface area contributed by atoms with Gasteiger partial charge < -0.3 is 4.52 Å². The molecule has 0 bridgehead atoms. The van der Waals surface area contributed by atoms with Crippen LogP contribution in [0.15, 0.2) is 22.9 Å². The van der Waals surface area contributed by atoms with E-state index in [1.165, 1.54) is 18.3 Å². The molecule has 0 aliphatic heterocycles. The monoisotopic (exact) mass is 240 g/mol. The van der Waals surface area contributed by atoms with Crippen LogP contribution in [0.2, 0.25) is 0 Å². The molecule has 0 aliphatic rings. The van der Waals surface area contributed by atoms with Crippen LogP contribution in [-0.2, 0) is 6.18 Å². The van der Waals surface area contributed by atoms with Crippen LogP contribution < -0.4 is 0 Å². The Morgan fingerprint density at radius 3 is 2.53 bits per heavy atom. The molecule has 0 N–H and O–H groups in total. The van der Waals surface area contributed by atoms with Gasteiger partial charge in [0.15, 0.2) is 0 Å². The number of hydrogen-bond acceptors (Lipinski definition) is 5. The lowest BCUT2D eigenvalue weighted by molar-refractivity contribution is -0.146. The van der Waals surface area contributed by atoms with Gasteiger partial charge in [-0.3, -0.25) is 0 Å². The molecule has 0 fully saturated rings. The fraction of sp³-hybridized carbons (Fsp3) is 0.111. The quantitative estimate of drug-likeness (QED) is 0.762. The lowest BCUT2D eigenvalue weighted by Gasteiger charge is -1.96. The summed E-state index contributed by atoms with van der Waals surface area (Å²) in [4.78, 5) is 6.89. The molecule has 2 aromatic rings. The van der Waals surface area contributed by atoms with Crippen molar-refractivity contribution in [2.45, 2.75) is 6.18 Å². The first kappa shape index (κ1) is 11.1. The van der Waals surface area contributed by atoms with Crippen molar-refractivity contribution in [3.8, 4) is 17.7 Å². The molecule has 0 saturated heterocycles. The number of nitriles is 1. The minimum atomic E-state index is -4.66. The van der Waals surface area contributed by atoms with Gasteiger partial charge in [0.05, 0.1) is 5.56 Å². The van der Waals surface area contributed by atoms with Crippen LogP contribution in [0, 0.1) is 11.3 Å². The van der Waals surface area contributed by atoms with E-state index in [2.05, 4.69) is 19.6 Å². The molecule has 0 unspecified atom stereocenters. The average molecular weight is 240 g/mol. The first-order chi connectivity index (χ1) is 8.00. The van der Waals surface area contributed by atoms with Gasteiger partial charge in [0, 0.05) is 6.20 Å². The highest BCUT2D eigenvalue weighted by Gasteiger charge is 2.37. The van der Waals surface area contributed by atoms with Crippen LogP contribution in [0.5, 0.6) is 0 Å². The number of pyridine rings is 1. The van der Waals surface area contributed by atoms with Gasteiger partial charge in [-0.1, -0.05) is 5.16 Å². The third kappa shape index (κ3) is 2.23. The fourth-order valence-corrected chi connectivity index (χ4v) is 1.03. The largest absolute Gasteiger partial charge is 0.455 e. The van der Waals surface area contributed by atoms with Gasteiger partial charge in [0.1, 0.15) is 11.8 Å². The number of halogens is 3. The second-order valence-electron chi connectivity index (χ2n) is 2.96. The number of hydrogen-bond donors (Lipinski definition) is 0. The molecule has 2 aromatic heterocycles. The molecule has 0 radical (unpaired) electrons. The Kier molecular flexibility index (Phi) is 2.51. The molecular weight excluding hydrogens is 237 g/mol. The van der Waals surface area contributed by atoms with Gasteiger partial charge in [-0.05, 0) is 12.1 Å². The lowest BCUT2D eigenvalue weighted by atomic mass is 10.3. The summed E-state index contributed by atoms with van der Waals surface area (Å²) in [5, 5.41) is 11.3. The van der Waals surface area contributed by atoms with Gasteiger partial charge >= 0.3 is 6.18 Å². The summed E-state index contributed by atoms with van der Waals surface area (Å²) in [6.45, 7) is 0. The normalized spacial score (nSPS) is 11.2. The number of aromatic nitrogens is 3. The molecular formula is C9H3F3N4O. The summed E-state index contributed by atoms with van der Waals surface area (Å²) in [6.07, 6.45) is -3.46. The summed E-state index contributed by atoms with van der Waals surface area (Å²) in [6, 6.07) is 4.54. The first-order valence-electron chi connectivity index (χ1n) is 4.28. The standard InChI is InChI=1S/C9H3F3N4O/c10-9(11,12)8-15-7(17-16-8)6-2-1-5(3-13)4-14-6/h1-2,4H. The second-order valence-corrected chi connectivity index (χ2v) is 2.96.